The number of nitrogens with one attached hydrogen (secondary N) is 1. The number of amides is 1. The molecule has 1 unspecified atom stereocenters. The second-order valence-electron chi connectivity index (χ2n) is 6.69. The zero-order chi connectivity index (χ0) is 20.1. The van der Waals surface area contributed by atoms with E-state index in [1.165, 1.54) is 0 Å². The van der Waals surface area contributed by atoms with Crippen molar-refractivity contribution in [3.8, 4) is 17.1 Å². The van der Waals surface area contributed by atoms with E-state index in [1.54, 1.807) is 6.92 Å². The highest BCUT2D eigenvalue weighted by Crippen LogP contribution is 2.26. The highest BCUT2D eigenvalue weighted by molar-refractivity contribution is 9.10. The Bertz CT molecular complexity index is 955. The van der Waals surface area contributed by atoms with Gasteiger partial charge in [0.25, 0.3) is 5.91 Å². The van der Waals surface area contributed by atoms with E-state index in [4.69, 9.17) is 9.26 Å². The van der Waals surface area contributed by atoms with Gasteiger partial charge in [-0.15, -0.1) is 0 Å². The fraction of sp³-hybridized carbons (Fsp3) is 0.286. The third-order valence-electron chi connectivity index (χ3n) is 4.18. The van der Waals surface area contributed by atoms with Crippen LogP contribution in [0.4, 0.5) is 0 Å². The van der Waals surface area contributed by atoms with E-state index in [0.717, 1.165) is 21.3 Å². The normalized spacial score (nSPS) is 12.0. The minimum Gasteiger partial charge on any atom is -0.481 e. The van der Waals surface area contributed by atoms with Gasteiger partial charge in [0.1, 0.15) is 5.75 Å². The monoisotopic (exact) mass is 443 g/mol. The summed E-state index contributed by atoms with van der Waals surface area (Å²) < 4.78 is 12.0. The van der Waals surface area contributed by atoms with E-state index in [-0.39, 0.29) is 12.5 Å². The van der Waals surface area contributed by atoms with Crippen LogP contribution in [0.2, 0.25) is 0 Å². The number of hydrogen-bond donors (Lipinski definition) is 1. The Kier molecular flexibility index (Phi) is 6.46. The molecule has 0 spiro atoms. The minimum atomic E-state index is -0.646. The molecule has 0 fully saturated rings. The van der Waals surface area contributed by atoms with Crippen molar-refractivity contribution in [1.82, 2.24) is 15.5 Å². The highest BCUT2D eigenvalue weighted by Gasteiger charge is 2.18. The van der Waals surface area contributed by atoms with Crippen molar-refractivity contribution < 1.29 is 14.1 Å². The molecule has 1 aromatic heterocycles. The molecule has 1 N–H and O–H groups in total. The van der Waals surface area contributed by atoms with Crippen LogP contribution in [0.25, 0.3) is 11.4 Å². The molecule has 146 valence electrons. The van der Waals surface area contributed by atoms with Crippen LogP contribution in [0.15, 0.2) is 57.5 Å². The summed E-state index contributed by atoms with van der Waals surface area (Å²) in [5.41, 5.74) is 1.90. The molecule has 0 saturated heterocycles. The fourth-order valence-corrected chi connectivity index (χ4v) is 3.09. The van der Waals surface area contributed by atoms with Crippen LogP contribution in [-0.2, 0) is 11.3 Å². The van der Waals surface area contributed by atoms with E-state index in [0.29, 0.717) is 17.6 Å². The first-order valence-electron chi connectivity index (χ1n) is 9.06. The van der Waals surface area contributed by atoms with E-state index in [2.05, 4.69) is 45.2 Å². The van der Waals surface area contributed by atoms with Gasteiger partial charge in [0.2, 0.25) is 11.7 Å². The number of nitrogens with zero attached hydrogens (tertiary/aromatic N) is 2. The number of carbonyl (C=O) groups excluding carboxylic acids is 1. The predicted octanol–water partition coefficient (Wildman–Crippen LogP) is 4.71. The van der Waals surface area contributed by atoms with Gasteiger partial charge in [0, 0.05) is 10.0 Å². The molecule has 28 heavy (non-hydrogen) atoms. The molecule has 1 atom stereocenters. The quantitative estimate of drug-likeness (QED) is 0.572. The van der Waals surface area contributed by atoms with Crippen molar-refractivity contribution in [1.29, 1.82) is 0 Å². The van der Waals surface area contributed by atoms with Crippen LogP contribution < -0.4 is 10.1 Å². The smallest absolute Gasteiger partial charge is 0.261 e. The van der Waals surface area contributed by atoms with Crippen LogP contribution in [-0.4, -0.2) is 22.2 Å². The maximum absolute atomic E-state index is 12.4. The number of aromatic nitrogens is 2. The standard InChI is InChI=1S/C21H22BrN3O3/c1-13(2)17-9-4-5-10-18(17)27-14(3)21(26)23-12-19-24-20(25-28-19)15-7-6-8-16(22)11-15/h4-11,13-14H,12H2,1-3H3,(H,23,26). The molecule has 0 bridgehead atoms. The number of para-hydroxylation sites is 1. The summed E-state index contributed by atoms with van der Waals surface area (Å²) in [4.78, 5) is 16.7. The summed E-state index contributed by atoms with van der Waals surface area (Å²) in [6.45, 7) is 6.03. The zero-order valence-corrected chi connectivity index (χ0v) is 17.6. The van der Waals surface area contributed by atoms with Crippen LogP contribution in [0, 0.1) is 0 Å². The predicted molar refractivity (Wildman–Crippen MR) is 110 cm³/mol. The zero-order valence-electron chi connectivity index (χ0n) is 16.0. The molecule has 3 aromatic rings. The summed E-state index contributed by atoms with van der Waals surface area (Å²) in [6.07, 6.45) is -0.646. The molecule has 0 saturated carbocycles. The molecular weight excluding hydrogens is 422 g/mol. The average molecular weight is 444 g/mol. The third-order valence-corrected chi connectivity index (χ3v) is 4.67. The number of benzene rings is 2. The lowest BCUT2D eigenvalue weighted by Gasteiger charge is -2.18. The average Bonchev–Trinajstić information content (AvgIpc) is 3.15. The Balaban J connectivity index is 1.59. The second kappa shape index (κ2) is 9.01. The van der Waals surface area contributed by atoms with Crippen molar-refractivity contribution in [2.24, 2.45) is 0 Å². The molecule has 3 rings (SSSR count). The first-order chi connectivity index (χ1) is 13.4. The first-order valence-corrected chi connectivity index (χ1v) is 9.85. The lowest BCUT2D eigenvalue weighted by Crippen LogP contribution is -2.36. The minimum absolute atomic E-state index is 0.138. The van der Waals surface area contributed by atoms with Gasteiger partial charge in [-0.2, -0.15) is 4.98 Å². The summed E-state index contributed by atoms with van der Waals surface area (Å²) in [7, 11) is 0. The van der Waals surface area contributed by atoms with Gasteiger partial charge in [-0.25, -0.2) is 0 Å². The SMILES string of the molecule is CC(Oc1ccccc1C(C)C)C(=O)NCc1nc(-c2cccc(Br)c2)no1. The van der Waals surface area contributed by atoms with Crippen LogP contribution >= 0.6 is 15.9 Å². The Morgan fingerprint density at radius 3 is 2.71 bits per heavy atom. The van der Waals surface area contributed by atoms with Gasteiger partial charge >= 0.3 is 0 Å². The lowest BCUT2D eigenvalue weighted by molar-refractivity contribution is -0.127. The first kappa shape index (κ1) is 20.1. The van der Waals surface area contributed by atoms with Crippen molar-refractivity contribution in [3.63, 3.8) is 0 Å². The number of rotatable bonds is 7. The number of carbonyl (C=O) groups is 1. The molecule has 1 heterocycles. The number of ether oxygens (including phenoxy) is 1. The van der Waals surface area contributed by atoms with Crippen LogP contribution in [0.5, 0.6) is 5.75 Å². The van der Waals surface area contributed by atoms with Crippen molar-refractivity contribution >= 4 is 21.8 Å². The summed E-state index contributed by atoms with van der Waals surface area (Å²) >= 11 is 3.42. The van der Waals surface area contributed by atoms with Gasteiger partial charge in [0.05, 0.1) is 6.54 Å². The van der Waals surface area contributed by atoms with Gasteiger partial charge in [-0.1, -0.05) is 65.3 Å². The lowest BCUT2D eigenvalue weighted by atomic mass is 10.0. The Labute approximate surface area is 172 Å². The van der Waals surface area contributed by atoms with Gasteiger partial charge < -0.3 is 14.6 Å². The molecule has 1 amide bonds. The van der Waals surface area contributed by atoms with Gasteiger partial charge in [0.15, 0.2) is 6.10 Å². The maximum Gasteiger partial charge on any atom is 0.261 e. The molecule has 0 aliphatic carbocycles. The molecule has 0 aliphatic rings. The second-order valence-corrected chi connectivity index (χ2v) is 7.61. The third kappa shape index (κ3) is 4.98. The van der Waals surface area contributed by atoms with Crippen LogP contribution in [0.3, 0.4) is 0 Å². The summed E-state index contributed by atoms with van der Waals surface area (Å²) in [6, 6.07) is 15.3. The van der Waals surface area contributed by atoms with Crippen molar-refractivity contribution in [2.45, 2.75) is 39.3 Å². The molecule has 7 heteroatoms. The molecule has 0 radical (unpaired) electrons. The summed E-state index contributed by atoms with van der Waals surface area (Å²) in [5.74, 6) is 1.58. The highest BCUT2D eigenvalue weighted by atomic mass is 79.9. The molecule has 2 aromatic carbocycles. The largest absolute Gasteiger partial charge is 0.481 e. The van der Waals surface area contributed by atoms with E-state index < -0.39 is 6.10 Å². The van der Waals surface area contributed by atoms with Gasteiger partial charge in [-0.3, -0.25) is 4.79 Å². The van der Waals surface area contributed by atoms with E-state index >= 15 is 0 Å². The van der Waals surface area contributed by atoms with Crippen LogP contribution in [0.1, 0.15) is 38.1 Å². The number of halogens is 1. The van der Waals surface area contributed by atoms with Gasteiger partial charge in [-0.05, 0) is 36.6 Å². The van der Waals surface area contributed by atoms with E-state index in [9.17, 15) is 4.79 Å². The fourth-order valence-electron chi connectivity index (χ4n) is 2.69. The molecule has 0 aliphatic heterocycles. The van der Waals surface area contributed by atoms with E-state index in [1.807, 2.05) is 48.5 Å². The summed E-state index contributed by atoms with van der Waals surface area (Å²) in [5, 5.41) is 6.73. The topological polar surface area (TPSA) is 77.2 Å². The molecular formula is C21H22BrN3O3. The van der Waals surface area contributed by atoms with Crippen molar-refractivity contribution in [3.05, 3.63) is 64.5 Å². The Morgan fingerprint density at radius 2 is 1.96 bits per heavy atom. The maximum atomic E-state index is 12.4. The Morgan fingerprint density at radius 1 is 1.18 bits per heavy atom. The molecule has 6 nitrogen and oxygen atoms in total. The van der Waals surface area contributed by atoms with Crippen molar-refractivity contribution in [2.75, 3.05) is 0 Å². The Hall–Kier alpha value is -2.67. The number of hydrogen-bond acceptors (Lipinski definition) is 5.